The van der Waals surface area contributed by atoms with Crippen molar-refractivity contribution in [3.05, 3.63) is 29.8 Å². The Hall–Kier alpha value is -0.490. The molecule has 0 saturated carbocycles. The van der Waals surface area contributed by atoms with Crippen LogP contribution in [0.2, 0.25) is 0 Å². The Kier molecular flexibility index (Phi) is 5.90. The molecule has 0 fully saturated rings. The van der Waals surface area contributed by atoms with Crippen LogP contribution in [0.3, 0.4) is 0 Å². The summed E-state index contributed by atoms with van der Waals surface area (Å²) in [5.41, 5.74) is 0.792. The van der Waals surface area contributed by atoms with Gasteiger partial charge in [0.25, 0.3) is 0 Å². The lowest BCUT2D eigenvalue weighted by molar-refractivity contribution is -0.138. The molecule has 5 heteroatoms. The van der Waals surface area contributed by atoms with Crippen molar-refractivity contribution in [3.63, 3.8) is 0 Å². The molecule has 0 aliphatic rings. The summed E-state index contributed by atoms with van der Waals surface area (Å²) >= 11 is 7.56. The summed E-state index contributed by atoms with van der Waals surface area (Å²) in [5, 5.41) is 8.98. The van der Waals surface area contributed by atoms with Crippen LogP contribution in [0.4, 0.5) is 0 Å². The van der Waals surface area contributed by atoms with Gasteiger partial charge in [0.05, 0.1) is 11.8 Å². The number of aliphatic carboxylic acids is 1. The lowest BCUT2D eigenvalue weighted by Crippen LogP contribution is -2.12. The third kappa shape index (κ3) is 3.83. The number of ether oxygens (including phenoxy) is 1. The quantitative estimate of drug-likeness (QED) is 0.631. The highest BCUT2D eigenvalue weighted by molar-refractivity contribution is 14.1. The Balaban J connectivity index is 2.73. The van der Waals surface area contributed by atoms with Gasteiger partial charge in [0.15, 0.2) is 0 Å². The van der Waals surface area contributed by atoms with Crippen LogP contribution < -0.4 is 4.74 Å². The fourth-order valence-corrected chi connectivity index (χ4v) is 2.21. The van der Waals surface area contributed by atoms with E-state index in [4.69, 9.17) is 21.4 Å². The number of hydrogen-bond acceptors (Lipinski definition) is 2. The highest BCUT2D eigenvalue weighted by atomic mass is 127. The predicted molar refractivity (Wildman–Crippen MR) is 71.9 cm³/mol. The molecule has 0 bridgehead atoms. The zero-order valence-corrected chi connectivity index (χ0v) is 11.4. The zero-order valence-electron chi connectivity index (χ0n) is 8.53. The maximum absolute atomic E-state index is 10.9. The molecule has 0 aromatic heterocycles. The van der Waals surface area contributed by atoms with Crippen LogP contribution in [0.1, 0.15) is 11.5 Å². The molecule has 3 nitrogen and oxygen atoms in total. The van der Waals surface area contributed by atoms with E-state index in [-0.39, 0.29) is 0 Å². The van der Waals surface area contributed by atoms with E-state index in [1.54, 1.807) is 24.3 Å². The first-order valence-corrected chi connectivity index (χ1v) is 6.82. The molecule has 0 amide bonds. The Morgan fingerprint density at radius 2 is 2.06 bits per heavy atom. The first kappa shape index (κ1) is 13.6. The van der Waals surface area contributed by atoms with Crippen molar-refractivity contribution in [1.82, 2.24) is 0 Å². The van der Waals surface area contributed by atoms with Crippen molar-refractivity contribution in [3.8, 4) is 5.75 Å². The van der Waals surface area contributed by atoms with Gasteiger partial charge >= 0.3 is 5.97 Å². The summed E-state index contributed by atoms with van der Waals surface area (Å²) in [5.74, 6) is -0.110. The number of halogens is 2. The molecule has 0 radical (unpaired) electrons. The number of carbonyl (C=O) groups is 1. The number of rotatable bonds is 6. The maximum atomic E-state index is 10.9. The van der Waals surface area contributed by atoms with Crippen molar-refractivity contribution < 1.29 is 14.6 Å². The normalized spacial score (nSPS) is 12.1. The summed E-state index contributed by atoms with van der Waals surface area (Å²) < 4.78 is 5.85. The van der Waals surface area contributed by atoms with Gasteiger partial charge in [-0.3, -0.25) is 4.79 Å². The van der Waals surface area contributed by atoms with Crippen LogP contribution >= 0.6 is 34.2 Å². The molecule has 0 aliphatic carbocycles. The lowest BCUT2D eigenvalue weighted by Gasteiger charge is -2.10. The number of carboxylic acid groups (broad SMARTS) is 1. The number of hydrogen-bond donors (Lipinski definition) is 1. The molecule has 0 saturated heterocycles. The molecule has 1 rings (SSSR count). The van der Waals surface area contributed by atoms with Crippen molar-refractivity contribution >= 4 is 40.2 Å². The molecule has 1 unspecified atom stereocenters. The van der Waals surface area contributed by atoms with Crippen LogP contribution in [0.15, 0.2) is 24.3 Å². The number of benzene rings is 1. The van der Waals surface area contributed by atoms with Gasteiger partial charge in [-0.25, -0.2) is 0 Å². The van der Waals surface area contributed by atoms with Crippen LogP contribution in [0.25, 0.3) is 0 Å². The van der Waals surface area contributed by atoms with Crippen LogP contribution in [-0.2, 0) is 4.79 Å². The average Bonchev–Trinajstić information content (AvgIpc) is 2.28. The highest BCUT2D eigenvalue weighted by Gasteiger charge is 2.17. The molecule has 1 atom stereocenters. The van der Waals surface area contributed by atoms with Crippen LogP contribution in [0, 0.1) is 0 Å². The summed E-state index contributed by atoms with van der Waals surface area (Å²) in [6.45, 7) is 0.454. The van der Waals surface area contributed by atoms with Gasteiger partial charge in [0.2, 0.25) is 0 Å². The minimum Gasteiger partial charge on any atom is -0.492 e. The van der Waals surface area contributed by atoms with E-state index in [1.807, 2.05) is 0 Å². The monoisotopic (exact) mass is 354 g/mol. The standard InChI is InChI=1S/C11H12ClIO3/c12-5-6-16-9-3-1-8(2-4-9)10(7-13)11(14)15/h1-4,10H,5-7H2,(H,14,15). The first-order valence-electron chi connectivity index (χ1n) is 4.76. The third-order valence-electron chi connectivity index (χ3n) is 2.08. The second-order valence-corrected chi connectivity index (χ2v) is 4.41. The van der Waals surface area contributed by atoms with Gasteiger partial charge in [-0.2, -0.15) is 0 Å². The minimum absolute atomic E-state index is 0.438. The average molecular weight is 355 g/mol. The predicted octanol–water partition coefficient (Wildman–Crippen LogP) is 2.91. The fraction of sp³-hybridized carbons (Fsp3) is 0.364. The summed E-state index contributed by atoms with van der Waals surface area (Å²) in [6.07, 6.45) is 0. The molecule has 0 spiro atoms. The Labute approximate surface area is 113 Å². The number of carboxylic acids is 1. The fourth-order valence-electron chi connectivity index (χ4n) is 1.25. The summed E-state index contributed by atoms with van der Waals surface area (Å²) in [6, 6.07) is 7.09. The van der Waals surface area contributed by atoms with Crippen molar-refractivity contribution in [2.45, 2.75) is 5.92 Å². The molecule has 0 aliphatic heterocycles. The summed E-state index contributed by atoms with van der Waals surface area (Å²) in [4.78, 5) is 10.9. The van der Waals surface area contributed by atoms with Crippen LogP contribution in [-0.4, -0.2) is 28.0 Å². The molecular formula is C11H12ClIO3. The van der Waals surface area contributed by atoms with Gasteiger partial charge in [-0.15, -0.1) is 11.6 Å². The van der Waals surface area contributed by atoms with E-state index in [2.05, 4.69) is 22.6 Å². The molecule has 1 aromatic carbocycles. The van der Waals surface area contributed by atoms with Gasteiger partial charge < -0.3 is 9.84 Å². The first-order chi connectivity index (χ1) is 7.69. The van der Waals surface area contributed by atoms with E-state index >= 15 is 0 Å². The molecule has 1 N–H and O–H groups in total. The second kappa shape index (κ2) is 6.96. The zero-order chi connectivity index (χ0) is 12.0. The van der Waals surface area contributed by atoms with Gasteiger partial charge in [-0.1, -0.05) is 34.7 Å². The van der Waals surface area contributed by atoms with Gasteiger partial charge in [0, 0.05) is 4.43 Å². The molecule has 1 aromatic rings. The highest BCUT2D eigenvalue weighted by Crippen LogP contribution is 2.21. The molecule has 16 heavy (non-hydrogen) atoms. The Morgan fingerprint density at radius 1 is 1.44 bits per heavy atom. The summed E-state index contributed by atoms with van der Waals surface area (Å²) in [7, 11) is 0. The lowest BCUT2D eigenvalue weighted by atomic mass is 10.0. The van der Waals surface area contributed by atoms with E-state index in [9.17, 15) is 4.79 Å². The SMILES string of the molecule is O=C(O)C(CI)c1ccc(OCCCl)cc1. The maximum Gasteiger partial charge on any atom is 0.311 e. The minimum atomic E-state index is -0.802. The van der Waals surface area contributed by atoms with E-state index in [0.29, 0.717) is 22.7 Å². The molecule has 88 valence electrons. The Bertz CT molecular complexity index is 340. The van der Waals surface area contributed by atoms with Crippen LogP contribution in [0.5, 0.6) is 5.75 Å². The topological polar surface area (TPSA) is 46.5 Å². The van der Waals surface area contributed by atoms with Gasteiger partial charge in [0.1, 0.15) is 12.4 Å². The second-order valence-electron chi connectivity index (χ2n) is 3.15. The van der Waals surface area contributed by atoms with E-state index < -0.39 is 11.9 Å². The molecule has 0 heterocycles. The smallest absolute Gasteiger partial charge is 0.311 e. The third-order valence-corrected chi connectivity index (χ3v) is 3.12. The molecular weight excluding hydrogens is 342 g/mol. The largest absolute Gasteiger partial charge is 0.492 e. The van der Waals surface area contributed by atoms with E-state index in [1.165, 1.54) is 0 Å². The van der Waals surface area contributed by atoms with Gasteiger partial charge in [-0.05, 0) is 17.7 Å². The van der Waals surface area contributed by atoms with Crippen molar-refractivity contribution in [2.75, 3.05) is 16.9 Å². The van der Waals surface area contributed by atoms with Crippen molar-refractivity contribution in [1.29, 1.82) is 0 Å². The van der Waals surface area contributed by atoms with Crippen molar-refractivity contribution in [2.24, 2.45) is 0 Å². The number of alkyl halides is 2. The van der Waals surface area contributed by atoms with E-state index in [0.717, 1.165) is 5.56 Å². The Morgan fingerprint density at radius 3 is 2.50 bits per heavy atom.